The SMILES string of the molecule is CCC1CCN(C(c2ccccc2)c2ccccc2)CC1. The van der Waals surface area contributed by atoms with Crippen molar-refractivity contribution in [3.63, 3.8) is 0 Å². The predicted molar refractivity (Wildman–Crippen MR) is 89.3 cm³/mol. The van der Waals surface area contributed by atoms with Gasteiger partial charge >= 0.3 is 0 Å². The van der Waals surface area contributed by atoms with E-state index in [0.717, 1.165) is 5.92 Å². The Balaban J connectivity index is 1.87. The molecule has 0 radical (unpaired) electrons. The number of nitrogens with zero attached hydrogens (tertiary/aromatic N) is 1. The van der Waals surface area contributed by atoms with Crippen molar-refractivity contribution in [3.05, 3.63) is 71.8 Å². The second-order valence-electron chi connectivity index (χ2n) is 6.11. The molecule has 110 valence electrons. The average Bonchev–Trinajstić information content (AvgIpc) is 2.58. The Morgan fingerprint density at radius 1 is 0.857 bits per heavy atom. The molecule has 0 aliphatic carbocycles. The summed E-state index contributed by atoms with van der Waals surface area (Å²) in [5.41, 5.74) is 2.83. The van der Waals surface area contributed by atoms with E-state index in [1.54, 1.807) is 0 Å². The van der Waals surface area contributed by atoms with Crippen LogP contribution in [0.25, 0.3) is 0 Å². The maximum absolute atomic E-state index is 2.66. The molecular weight excluding hydrogens is 254 g/mol. The van der Waals surface area contributed by atoms with Gasteiger partial charge in [-0.25, -0.2) is 0 Å². The summed E-state index contributed by atoms with van der Waals surface area (Å²) in [4.78, 5) is 2.66. The van der Waals surface area contributed by atoms with E-state index in [1.165, 1.54) is 43.5 Å². The molecular formula is C20H25N. The van der Waals surface area contributed by atoms with E-state index in [2.05, 4.69) is 72.5 Å². The zero-order valence-electron chi connectivity index (χ0n) is 12.9. The quantitative estimate of drug-likeness (QED) is 0.769. The van der Waals surface area contributed by atoms with Crippen molar-refractivity contribution in [1.82, 2.24) is 4.90 Å². The van der Waals surface area contributed by atoms with Crippen molar-refractivity contribution in [2.75, 3.05) is 13.1 Å². The van der Waals surface area contributed by atoms with Gasteiger partial charge in [-0.05, 0) is 43.0 Å². The number of likely N-dealkylation sites (tertiary alicyclic amines) is 1. The lowest BCUT2D eigenvalue weighted by atomic mass is 9.90. The molecule has 1 aliphatic heterocycles. The first-order chi connectivity index (χ1) is 10.4. The maximum atomic E-state index is 2.66. The van der Waals surface area contributed by atoms with Crippen molar-refractivity contribution < 1.29 is 0 Å². The van der Waals surface area contributed by atoms with Gasteiger partial charge < -0.3 is 0 Å². The maximum Gasteiger partial charge on any atom is 0.0601 e. The molecule has 0 bridgehead atoms. The summed E-state index contributed by atoms with van der Waals surface area (Å²) in [6, 6.07) is 22.3. The van der Waals surface area contributed by atoms with Gasteiger partial charge in [0.2, 0.25) is 0 Å². The Bertz CT molecular complexity index is 487. The highest BCUT2D eigenvalue weighted by Crippen LogP contribution is 2.32. The van der Waals surface area contributed by atoms with Gasteiger partial charge in [0, 0.05) is 0 Å². The number of rotatable bonds is 4. The van der Waals surface area contributed by atoms with Crippen molar-refractivity contribution in [2.45, 2.75) is 32.2 Å². The largest absolute Gasteiger partial charge is 0.292 e. The molecule has 0 atom stereocenters. The molecule has 2 aromatic rings. The highest BCUT2D eigenvalue weighted by molar-refractivity contribution is 5.31. The van der Waals surface area contributed by atoms with Crippen LogP contribution in [-0.2, 0) is 0 Å². The monoisotopic (exact) mass is 279 g/mol. The molecule has 0 amide bonds. The van der Waals surface area contributed by atoms with Crippen LogP contribution in [0, 0.1) is 5.92 Å². The van der Waals surface area contributed by atoms with E-state index in [9.17, 15) is 0 Å². The van der Waals surface area contributed by atoms with Gasteiger partial charge in [0.25, 0.3) is 0 Å². The highest BCUT2D eigenvalue weighted by atomic mass is 15.2. The Morgan fingerprint density at radius 2 is 1.33 bits per heavy atom. The second-order valence-corrected chi connectivity index (χ2v) is 6.11. The number of benzene rings is 2. The standard InChI is InChI=1S/C20H25N/c1-2-17-13-15-21(16-14-17)20(18-9-5-3-6-10-18)19-11-7-4-8-12-19/h3-12,17,20H,2,13-16H2,1H3. The van der Waals surface area contributed by atoms with Crippen LogP contribution in [0.4, 0.5) is 0 Å². The summed E-state index contributed by atoms with van der Waals surface area (Å²) in [5.74, 6) is 0.924. The molecule has 1 heterocycles. The smallest absolute Gasteiger partial charge is 0.0601 e. The van der Waals surface area contributed by atoms with Crippen molar-refractivity contribution >= 4 is 0 Å². The number of hydrogen-bond donors (Lipinski definition) is 0. The molecule has 1 fully saturated rings. The van der Waals surface area contributed by atoms with Crippen molar-refractivity contribution in [3.8, 4) is 0 Å². The zero-order valence-corrected chi connectivity index (χ0v) is 12.9. The molecule has 1 heteroatoms. The molecule has 0 N–H and O–H groups in total. The molecule has 0 spiro atoms. The summed E-state index contributed by atoms with van der Waals surface area (Å²) in [6.45, 7) is 4.76. The van der Waals surface area contributed by atoms with Crippen LogP contribution in [0.5, 0.6) is 0 Å². The van der Waals surface area contributed by atoms with Gasteiger partial charge in [-0.3, -0.25) is 4.90 Å². The van der Waals surface area contributed by atoms with E-state index < -0.39 is 0 Å². The first kappa shape index (κ1) is 14.3. The second kappa shape index (κ2) is 6.91. The third kappa shape index (κ3) is 3.36. The minimum Gasteiger partial charge on any atom is -0.292 e. The lowest BCUT2D eigenvalue weighted by molar-refractivity contribution is 0.149. The molecule has 0 saturated carbocycles. The lowest BCUT2D eigenvalue weighted by Crippen LogP contribution is -2.37. The third-order valence-electron chi connectivity index (χ3n) is 4.82. The first-order valence-electron chi connectivity index (χ1n) is 8.22. The average molecular weight is 279 g/mol. The van der Waals surface area contributed by atoms with E-state index in [0.29, 0.717) is 6.04 Å². The minimum atomic E-state index is 0.408. The summed E-state index contributed by atoms with van der Waals surface area (Å²) in [7, 11) is 0. The van der Waals surface area contributed by atoms with E-state index in [-0.39, 0.29) is 0 Å². The molecule has 1 aliphatic rings. The van der Waals surface area contributed by atoms with Crippen LogP contribution in [0.1, 0.15) is 43.4 Å². The van der Waals surface area contributed by atoms with Gasteiger partial charge in [-0.2, -0.15) is 0 Å². The fraction of sp³-hybridized carbons (Fsp3) is 0.400. The zero-order chi connectivity index (χ0) is 14.5. The lowest BCUT2D eigenvalue weighted by Gasteiger charge is -2.38. The Hall–Kier alpha value is -1.60. The van der Waals surface area contributed by atoms with Crippen LogP contribution < -0.4 is 0 Å². The summed E-state index contributed by atoms with van der Waals surface area (Å²) >= 11 is 0. The fourth-order valence-electron chi connectivity index (χ4n) is 3.50. The molecule has 0 aromatic heterocycles. The molecule has 1 nitrogen and oxygen atoms in total. The summed E-state index contributed by atoms with van der Waals surface area (Å²) < 4.78 is 0. The van der Waals surface area contributed by atoms with E-state index in [4.69, 9.17) is 0 Å². The molecule has 21 heavy (non-hydrogen) atoms. The van der Waals surface area contributed by atoms with Crippen molar-refractivity contribution in [2.24, 2.45) is 5.92 Å². The van der Waals surface area contributed by atoms with Crippen LogP contribution >= 0.6 is 0 Å². The molecule has 1 saturated heterocycles. The van der Waals surface area contributed by atoms with E-state index >= 15 is 0 Å². The normalized spacial score (nSPS) is 17.2. The number of hydrogen-bond acceptors (Lipinski definition) is 1. The van der Waals surface area contributed by atoms with Crippen LogP contribution in [0.3, 0.4) is 0 Å². The Labute approximate surface area is 128 Å². The summed E-state index contributed by atoms with van der Waals surface area (Å²) in [6.07, 6.45) is 4.01. The van der Waals surface area contributed by atoms with Gasteiger partial charge in [0.15, 0.2) is 0 Å². The number of piperidine rings is 1. The van der Waals surface area contributed by atoms with Gasteiger partial charge in [-0.15, -0.1) is 0 Å². The first-order valence-corrected chi connectivity index (χ1v) is 8.22. The Morgan fingerprint density at radius 3 is 1.76 bits per heavy atom. The highest BCUT2D eigenvalue weighted by Gasteiger charge is 2.26. The van der Waals surface area contributed by atoms with Gasteiger partial charge in [-0.1, -0.05) is 74.0 Å². The van der Waals surface area contributed by atoms with Crippen molar-refractivity contribution in [1.29, 1.82) is 0 Å². The van der Waals surface area contributed by atoms with Gasteiger partial charge in [0.1, 0.15) is 0 Å². The minimum absolute atomic E-state index is 0.408. The van der Waals surface area contributed by atoms with Crippen LogP contribution in [0.2, 0.25) is 0 Å². The van der Waals surface area contributed by atoms with Gasteiger partial charge in [0.05, 0.1) is 6.04 Å². The molecule has 3 rings (SSSR count). The topological polar surface area (TPSA) is 3.24 Å². The predicted octanol–water partition coefficient (Wildman–Crippen LogP) is 4.90. The fourth-order valence-corrected chi connectivity index (χ4v) is 3.50. The third-order valence-corrected chi connectivity index (χ3v) is 4.82. The van der Waals surface area contributed by atoms with E-state index in [1.807, 2.05) is 0 Å². The molecule has 0 unspecified atom stereocenters. The molecule has 2 aromatic carbocycles. The Kier molecular flexibility index (Phi) is 4.72. The van der Waals surface area contributed by atoms with Crippen LogP contribution in [-0.4, -0.2) is 18.0 Å². The van der Waals surface area contributed by atoms with Crippen LogP contribution in [0.15, 0.2) is 60.7 Å². The summed E-state index contributed by atoms with van der Waals surface area (Å²) in [5, 5.41) is 0.